The second-order valence-corrected chi connectivity index (χ2v) is 7.03. The number of benzene rings is 3. The topological polar surface area (TPSA) is 69.4 Å². The van der Waals surface area contributed by atoms with E-state index in [2.05, 4.69) is 37.9 Å². The number of hydrogen-bond donors (Lipinski definition) is 0. The van der Waals surface area contributed by atoms with Gasteiger partial charge in [-0.1, -0.05) is 72.8 Å². The van der Waals surface area contributed by atoms with Crippen molar-refractivity contribution in [3.05, 3.63) is 84.9 Å². The first kappa shape index (κ1) is 16.6. The predicted octanol–water partition coefficient (Wildman–Crippen LogP) is 4.42. The summed E-state index contributed by atoms with van der Waals surface area (Å²) in [7, 11) is 0. The zero-order chi connectivity index (χ0) is 18.8. The average molecular weight is 382 g/mol. The lowest BCUT2D eigenvalue weighted by atomic mass is 10.1. The Labute approximate surface area is 165 Å². The van der Waals surface area contributed by atoms with Crippen LogP contribution >= 0.6 is 11.8 Å². The predicted molar refractivity (Wildman–Crippen MR) is 108 cm³/mol. The molecule has 2 heterocycles. The van der Waals surface area contributed by atoms with Crippen LogP contribution in [0.3, 0.4) is 0 Å². The van der Waals surface area contributed by atoms with Crippen molar-refractivity contribution in [3.8, 4) is 16.9 Å². The summed E-state index contributed by atoms with van der Waals surface area (Å²) in [5.74, 6) is 0. The number of rotatable bonds is 4. The Morgan fingerprint density at radius 1 is 0.643 bits per heavy atom. The van der Waals surface area contributed by atoms with Crippen molar-refractivity contribution in [1.29, 1.82) is 0 Å². The molecule has 0 N–H and O–H groups in total. The fourth-order valence-corrected chi connectivity index (χ4v) is 3.87. The minimum absolute atomic E-state index is 0.637. The van der Waals surface area contributed by atoms with Crippen LogP contribution in [0.1, 0.15) is 0 Å². The average Bonchev–Trinajstić information content (AvgIpc) is 3.23. The zero-order valence-corrected chi connectivity index (χ0v) is 15.5. The molecule has 0 aliphatic heterocycles. The van der Waals surface area contributed by atoms with Gasteiger partial charge in [0.05, 0.1) is 5.69 Å². The molecule has 0 spiro atoms. The molecular formula is C21H14N6S. The van der Waals surface area contributed by atoms with E-state index in [1.165, 1.54) is 11.8 Å². The zero-order valence-electron chi connectivity index (χ0n) is 14.7. The summed E-state index contributed by atoms with van der Waals surface area (Å²) in [5, 5.41) is 24.6. The van der Waals surface area contributed by atoms with Gasteiger partial charge in [-0.15, -0.1) is 15.3 Å². The van der Waals surface area contributed by atoms with Crippen molar-refractivity contribution < 1.29 is 0 Å². The number of fused-ring (bicyclic) bond motifs is 1. The Bertz CT molecular complexity index is 1240. The molecule has 28 heavy (non-hydrogen) atoms. The molecule has 7 heteroatoms. The first-order valence-electron chi connectivity index (χ1n) is 8.72. The largest absolute Gasteiger partial charge is 0.220 e. The maximum absolute atomic E-state index is 4.51. The molecule has 0 unspecified atom stereocenters. The van der Waals surface area contributed by atoms with Crippen LogP contribution in [0.5, 0.6) is 0 Å². The van der Waals surface area contributed by atoms with Crippen LogP contribution in [0.25, 0.3) is 27.7 Å². The molecule has 0 bridgehead atoms. The number of hydrogen-bond acceptors (Lipinski definition) is 6. The molecular weight excluding hydrogens is 368 g/mol. The highest BCUT2D eigenvalue weighted by Gasteiger charge is 2.16. The van der Waals surface area contributed by atoms with Gasteiger partial charge in [0.2, 0.25) is 5.16 Å². The van der Waals surface area contributed by atoms with E-state index in [1.54, 1.807) is 4.68 Å². The molecule has 5 rings (SSSR count). The van der Waals surface area contributed by atoms with E-state index < -0.39 is 0 Å². The van der Waals surface area contributed by atoms with Crippen molar-refractivity contribution in [2.24, 2.45) is 0 Å². The van der Waals surface area contributed by atoms with E-state index in [1.807, 2.05) is 72.8 Å². The van der Waals surface area contributed by atoms with E-state index in [0.29, 0.717) is 5.16 Å². The van der Waals surface area contributed by atoms with E-state index >= 15 is 0 Å². The number of para-hydroxylation sites is 1. The summed E-state index contributed by atoms with van der Waals surface area (Å²) >= 11 is 1.40. The van der Waals surface area contributed by atoms with Gasteiger partial charge >= 0.3 is 0 Å². The molecule has 6 nitrogen and oxygen atoms in total. The third kappa shape index (κ3) is 3.01. The number of aromatic nitrogens is 6. The van der Waals surface area contributed by atoms with Crippen molar-refractivity contribution in [1.82, 2.24) is 30.4 Å². The first-order valence-corrected chi connectivity index (χ1v) is 9.54. The summed E-state index contributed by atoms with van der Waals surface area (Å²) in [4.78, 5) is 0. The third-order valence-electron chi connectivity index (χ3n) is 4.33. The van der Waals surface area contributed by atoms with Gasteiger partial charge in [-0.2, -0.15) is 4.68 Å². The molecule has 3 aromatic carbocycles. The lowest BCUT2D eigenvalue weighted by Gasteiger charge is -2.09. The van der Waals surface area contributed by atoms with Crippen molar-refractivity contribution in [2.75, 3.05) is 0 Å². The van der Waals surface area contributed by atoms with Gasteiger partial charge in [0.15, 0.2) is 0 Å². The lowest BCUT2D eigenvalue weighted by molar-refractivity contribution is 0.755. The van der Waals surface area contributed by atoms with Crippen molar-refractivity contribution in [3.63, 3.8) is 0 Å². The Balaban J connectivity index is 1.60. The second kappa shape index (κ2) is 7.21. The minimum Gasteiger partial charge on any atom is -0.187 e. The van der Waals surface area contributed by atoms with Gasteiger partial charge in [0.25, 0.3) is 0 Å². The summed E-state index contributed by atoms with van der Waals surface area (Å²) in [6, 6.07) is 28.0. The highest BCUT2D eigenvalue weighted by atomic mass is 32.2. The number of tetrazole rings is 1. The van der Waals surface area contributed by atoms with Gasteiger partial charge in [0, 0.05) is 16.3 Å². The third-order valence-corrected chi connectivity index (χ3v) is 5.26. The maximum atomic E-state index is 4.51. The monoisotopic (exact) mass is 382 g/mol. The normalized spacial score (nSPS) is 11.0. The van der Waals surface area contributed by atoms with Crippen LogP contribution in [-0.4, -0.2) is 30.4 Å². The van der Waals surface area contributed by atoms with E-state index in [0.717, 1.165) is 32.7 Å². The van der Waals surface area contributed by atoms with Crippen molar-refractivity contribution >= 4 is 22.5 Å². The molecule has 0 amide bonds. The molecule has 0 atom stereocenters. The fraction of sp³-hybridized carbons (Fsp3) is 0. The molecule has 2 aromatic heterocycles. The molecule has 5 aromatic rings. The van der Waals surface area contributed by atoms with Crippen LogP contribution in [-0.2, 0) is 0 Å². The Morgan fingerprint density at radius 3 is 2.11 bits per heavy atom. The van der Waals surface area contributed by atoms with Crippen LogP contribution < -0.4 is 0 Å². The highest BCUT2D eigenvalue weighted by molar-refractivity contribution is 7.99. The summed E-state index contributed by atoms with van der Waals surface area (Å²) in [6.45, 7) is 0. The van der Waals surface area contributed by atoms with Crippen LogP contribution in [0.4, 0.5) is 0 Å². The van der Waals surface area contributed by atoms with Gasteiger partial charge in [0.1, 0.15) is 10.7 Å². The van der Waals surface area contributed by atoms with E-state index in [9.17, 15) is 0 Å². The van der Waals surface area contributed by atoms with E-state index in [-0.39, 0.29) is 0 Å². The van der Waals surface area contributed by atoms with Crippen LogP contribution in [0, 0.1) is 0 Å². The molecule has 0 aliphatic rings. The molecule has 0 radical (unpaired) electrons. The molecule has 0 aliphatic carbocycles. The van der Waals surface area contributed by atoms with E-state index in [4.69, 9.17) is 0 Å². The Hall–Kier alpha value is -3.58. The smallest absolute Gasteiger partial charge is 0.187 e. The van der Waals surface area contributed by atoms with Crippen LogP contribution in [0.2, 0.25) is 0 Å². The summed E-state index contributed by atoms with van der Waals surface area (Å²) in [6.07, 6.45) is 0. The minimum atomic E-state index is 0.637. The van der Waals surface area contributed by atoms with Gasteiger partial charge in [-0.05, 0) is 34.3 Å². The summed E-state index contributed by atoms with van der Waals surface area (Å²) < 4.78 is 1.70. The van der Waals surface area contributed by atoms with Gasteiger partial charge in [-0.3, -0.25) is 0 Å². The second-order valence-electron chi connectivity index (χ2n) is 6.08. The Kier molecular flexibility index (Phi) is 4.27. The molecule has 0 fully saturated rings. The number of nitrogens with zero attached hydrogens (tertiary/aromatic N) is 6. The molecule has 0 saturated heterocycles. The van der Waals surface area contributed by atoms with Gasteiger partial charge in [-0.25, -0.2) is 0 Å². The highest BCUT2D eigenvalue weighted by Crippen LogP contribution is 2.34. The SMILES string of the molecule is c1ccc(-c2nnc(Sc3nnnn3-c3ccccc3)c3ccccc23)cc1. The molecule has 0 saturated carbocycles. The fourth-order valence-electron chi connectivity index (χ4n) is 3.02. The first-order chi connectivity index (χ1) is 13.9. The standard InChI is InChI=1S/C21H14N6S/c1-3-9-15(10-4-1)19-17-13-7-8-14-18(17)20(23-22-19)28-21-24-25-26-27(21)16-11-5-2-6-12-16/h1-14H. The van der Waals surface area contributed by atoms with Gasteiger partial charge < -0.3 is 0 Å². The molecule has 134 valence electrons. The lowest BCUT2D eigenvalue weighted by Crippen LogP contribution is -1.99. The maximum Gasteiger partial charge on any atom is 0.220 e. The Morgan fingerprint density at radius 2 is 1.32 bits per heavy atom. The van der Waals surface area contributed by atoms with Crippen molar-refractivity contribution in [2.45, 2.75) is 10.2 Å². The quantitative estimate of drug-likeness (QED) is 0.458. The summed E-state index contributed by atoms with van der Waals surface area (Å²) in [5.41, 5.74) is 2.80. The van der Waals surface area contributed by atoms with Crippen LogP contribution in [0.15, 0.2) is 95.1 Å².